The Kier molecular flexibility index (Phi) is 8.54. The van der Waals surface area contributed by atoms with Gasteiger partial charge in [-0.15, -0.1) is 10.2 Å². The molecule has 2 rings (SSSR count). The molecule has 0 unspecified atom stereocenters. The smallest absolute Gasteiger partial charge is 0.229 e. The molecule has 0 saturated heterocycles. The molecule has 0 spiro atoms. The molecule has 1 aromatic carbocycles. The lowest BCUT2D eigenvalue weighted by Crippen LogP contribution is -2.22. The number of Topliss-reactive ketones (excluding diaryl/α,β-unsaturated/α-hetero) is 1. The Hall–Kier alpha value is -1.44. The van der Waals surface area contributed by atoms with Crippen LogP contribution >= 0.6 is 34.7 Å². The number of unbranched alkanes of at least 4 members (excludes halogenated alkanes) is 1. The predicted molar refractivity (Wildman–Crippen MR) is 108 cm³/mol. The molecule has 0 fully saturated rings. The second-order valence-electron chi connectivity index (χ2n) is 5.83. The average molecular weight is 412 g/mol. The van der Waals surface area contributed by atoms with Crippen LogP contribution in [0, 0.1) is 5.92 Å². The van der Waals surface area contributed by atoms with Crippen molar-refractivity contribution >= 4 is 51.5 Å². The number of anilines is 1. The number of amides is 1. The number of carbonyl (C=O) groups excluding carboxylic acids is 2. The molecular weight excluding hydrogens is 390 g/mol. The minimum Gasteiger partial charge on any atom is -0.300 e. The highest BCUT2D eigenvalue weighted by atomic mass is 35.5. The number of rotatable bonds is 10. The lowest BCUT2D eigenvalue weighted by atomic mass is 9.99. The quantitative estimate of drug-likeness (QED) is 0.325. The van der Waals surface area contributed by atoms with Gasteiger partial charge in [-0.2, -0.15) is 0 Å². The molecule has 140 valence electrons. The van der Waals surface area contributed by atoms with Gasteiger partial charge in [0.1, 0.15) is 0 Å². The van der Waals surface area contributed by atoms with E-state index < -0.39 is 0 Å². The van der Waals surface area contributed by atoms with Crippen LogP contribution in [0.4, 0.5) is 5.13 Å². The fourth-order valence-electron chi connectivity index (χ4n) is 2.34. The first kappa shape index (κ1) is 20.9. The van der Waals surface area contributed by atoms with Gasteiger partial charge >= 0.3 is 0 Å². The Balaban J connectivity index is 1.86. The molecule has 0 saturated carbocycles. The van der Waals surface area contributed by atoms with E-state index in [1.165, 1.54) is 23.1 Å². The van der Waals surface area contributed by atoms with Crippen LogP contribution in [-0.2, 0) is 4.79 Å². The highest BCUT2D eigenvalue weighted by Gasteiger charge is 2.18. The van der Waals surface area contributed by atoms with Crippen molar-refractivity contribution in [2.45, 2.75) is 43.9 Å². The van der Waals surface area contributed by atoms with Gasteiger partial charge in [0, 0.05) is 16.5 Å². The van der Waals surface area contributed by atoms with Crippen LogP contribution in [0.15, 0.2) is 28.6 Å². The summed E-state index contributed by atoms with van der Waals surface area (Å²) in [6.45, 7) is 4.13. The molecule has 8 heteroatoms. The van der Waals surface area contributed by atoms with E-state index in [4.69, 9.17) is 11.6 Å². The summed E-state index contributed by atoms with van der Waals surface area (Å²) in [5.74, 6) is 0.253. The summed E-state index contributed by atoms with van der Waals surface area (Å²) in [5.41, 5.74) is 0.613. The number of carbonyl (C=O) groups is 2. The van der Waals surface area contributed by atoms with Crippen LogP contribution in [-0.4, -0.2) is 27.6 Å². The SMILES string of the molecule is CCCC[C@@H](CC)C(=O)Nc1nnc(SCC(=O)c2ccc(Cl)cc2)s1. The number of aromatic nitrogens is 2. The number of nitrogens with zero attached hydrogens (tertiary/aromatic N) is 2. The molecule has 1 amide bonds. The zero-order valence-electron chi connectivity index (χ0n) is 14.8. The van der Waals surface area contributed by atoms with Crippen molar-refractivity contribution in [1.29, 1.82) is 0 Å². The van der Waals surface area contributed by atoms with E-state index >= 15 is 0 Å². The van der Waals surface area contributed by atoms with E-state index in [2.05, 4.69) is 22.4 Å². The fraction of sp³-hybridized carbons (Fsp3) is 0.444. The van der Waals surface area contributed by atoms with Crippen LogP contribution in [0.2, 0.25) is 5.02 Å². The van der Waals surface area contributed by atoms with Gasteiger partial charge in [-0.1, -0.05) is 61.4 Å². The van der Waals surface area contributed by atoms with Crippen molar-refractivity contribution in [3.63, 3.8) is 0 Å². The number of hydrogen-bond acceptors (Lipinski definition) is 6. The second-order valence-corrected chi connectivity index (χ2v) is 8.46. The third-order valence-corrected chi connectivity index (χ3v) is 6.12. The topological polar surface area (TPSA) is 72.0 Å². The molecule has 0 aliphatic carbocycles. The lowest BCUT2D eigenvalue weighted by Gasteiger charge is -2.12. The number of thioether (sulfide) groups is 1. The molecule has 1 atom stereocenters. The van der Waals surface area contributed by atoms with Gasteiger partial charge in [-0.25, -0.2) is 0 Å². The van der Waals surface area contributed by atoms with Gasteiger partial charge in [-0.05, 0) is 37.1 Å². The largest absolute Gasteiger partial charge is 0.300 e. The third kappa shape index (κ3) is 6.37. The second kappa shape index (κ2) is 10.6. The third-order valence-electron chi connectivity index (χ3n) is 3.90. The van der Waals surface area contributed by atoms with Crippen molar-refractivity contribution < 1.29 is 9.59 Å². The highest BCUT2D eigenvalue weighted by molar-refractivity contribution is 8.01. The maximum atomic E-state index is 12.3. The molecule has 1 heterocycles. The first-order valence-corrected chi connectivity index (χ1v) is 10.8. The van der Waals surface area contributed by atoms with Crippen molar-refractivity contribution in [2.75, 3.05) is 11.1 Å². The van der Waals surface area contributed by atoms with Crippen LogP contribution in [0.1, 0.15) is 49.9 Å². The Morgan fingerprint density at radius 1 is 1.23 bits per heavy atom. The molecule has 2 aromatic rings. The van der Waals surface area contributed by atoms with Crippen molar-refractivity contribution in [3.8, 4) is 0 Å². The Morgan fingerprint density at radius 3 is 2.62 bits per heavy atom. The Labute approximate surface area is 166 Å². The van der Waals surface area contributed by atoms with Gasteiger partial charge in [0.25, 0.3) is 0 Å². The van der Waals surface area contributed by atoms with E-state index in [0.29, 0.717) is 20.1 Å². The summed E-state index contributed by atoms with van der Waals surface area (Å²) in [5, 5.41) is 12.0. The van der Waals surface area contributed by atoms with E-state index in [1.54, 1.807) is 24.3 Å². The standard InChI is InChI=1S/C18H22ClN3O2S2/c1-3-5-6-12(4-2)16(24)20-17-21-22-18(26-17)25-11-15(23)13-7-9-14(19)10-8-13/h7-10,12H,3-6,11H2,1-2H3,(H,20,21,24)/t12-/m1/s1. The number of halogens is 1. The van der Waals surface area contributed by atoms with Crippen molar-refractivity contribution in [3.05, 3.63) is 34.9 Å². The van der Waals surface area contributed by atoms with E-state index in [0.717, 1.165) is 25.7 Å². The highest BCUT2D eigenvalue weighted by Crippen LogP contribution is 2.27. The van der Waals surface area contributed by atoms with Crippen molar-refractivity contribution in [2.24, 2.45) is 5.92 Å². The molecule has 0 radical (unpaired) electrons. The minimum atomic E-state index is -0.00843. The summed E-state index contributed by atoms with van der Waals surface area (Å²) < 4.78 is 0.657. The molecular formula is C18H22ClN3O2S2. The molecule has 1 N–H and O–H groups in total. The summed E-state index contributed by atoms with van der Waals surface area (Å²) >= 11 is 8.43. The van der Waals surface area contributed by atoms with Crippen molar-refractivity contribution in [1.82, 2.24) is 10.2 Å². The molecule has 0 aliphatic rings. The van der Waals surface area contributed by atoms with E-state index in [1.807, 2.05) is 6.92 Å². The average Bonchev–Trinajstić information content (AvgIpc) is 3.08. The monoisotopic (exact) mass is 411 g/mol. The number of nitrogens with one attached hydrogen (secondary N) is 1. The van der Waals surface area contributed by atoms with Crippen LogP contribution < -0.4 is 5.32 Å². The van der Waals surface area contributed by atoms with Gasteiger partial charge in [0.05, 0.1) is 5.75 Å². The number of ketones is 1. The summed E-state index contributed by atoms with van der Waals surface area (Å²) in [4.78, 5) is 24.5. The van der Waals surface area contributed by atoms with Gasteiger partial charge in [-0.3, -0.25) is 9.59 Å². The molecule has 5 nitrogen and oxygen atoms in total. The summed E-state index contributed by atoms with van der Waals surface area (Å²) in [6, 6.07) is 6.80. The van der Waals surface area contributed by atoms with Gasteiger partial charge < -0.3 is 5.32 Å². The van der Waals surface area contributed by atoms with Crippen LogP contribution in [0.25, 0.3) is 0 Å². The van der Waals surface area contributed by atoms with Crippen LogP contribution in [0.5, 0.6) is 0 Å². The molecule has 0 bridgehead atoms. The first-order chi connectivity index (χ1) is 12.5. The summed E-state index contributed by atoms with van der Waals surface area (Å²) in [6.07, 6.45) is 3.80. The predicted octanol–water partition coefficient (Wildman–Crippen LogP) is 5.32. The van der Waals surface area contributed by atoms with E-state index in [-0.39, 0.29) is 23.4 Å². The van der Waals surface area contributed by atoms with Crippen LogP contribution in [0.3, 0.4) is 0 Å². The maximum Gasteiger partial charge on any atom is 0.229 e. The van der Waals surface area contributed by atoms with Gasteiger partial charge in [0.15, 0.2) is 10.1 Å². The minimum absolute atomic E-state index is 0.00133. The van der Waals surface area contributed by atoms with Gasteiger partial charge in [0.2, 0.25) is 11.0 Å². The maximum absolute atomic E-state index is 12.3. The molecule has 1 aromatic heterocycles. The molecule has 0 aliphatic heterocycles. The number of benzene rings is 1. The zero-order valence-corrected chi connectivity index (χ0v) is 17.2. The number of hydrogen-bond donors (Lipinski definition) is 1. The van der Waals surface area contributed by atoms with E-state index in [9.17, 15) is 9.59 Å². The Bertz CT molecular complexity index is 734. The Morgan fingerprint density at radius 2 is 1.96 bits per heavy atom. The lowest BCUT2D eigenvalue weighted by molar-refractivity contribution is -0.120. The normalized spacial score (nSPS) is 12.0. The first-order valence-electron chi connectivity index (χ1n) is 8.59. The molecule has 26 heavy (non-hydrogen) atoms. The summed E-state index contributed by atoms with van der Waals surface area (Å²) in [7, 11) is 0. The fourth-order valence-corrected chi connectivity index (χ4v) is 4.12. The zero-order chi connectivity index (χ0) is 18.9.